The summed E-state index contributed by atoms with van der Waals surface area (Å²) in [5.41, 5.74) is 1.23. The van der Waals surface area contributed by atoms with Gasteiger partial charge in [-0.2, -0.15) is 0 Å². The second-order valence-electron chi connectivity index (χ2n) is 4.09. The predicted octanol–water partition coefficient (Wildman–Crippen LogP) is 2.31. The number of anilines is 1. The number of halogens is 1. The Balaban J connectivity index is 2.29. The second-order valence-corrected chi connectivity index (χ2v) is 4.09. The fraction of sp³-hybridized carbons (Fsp3) is 0.500. The van der Waals surface area contributed by atoms with Gasteiger partial charge in [0.15, 0.2) is 0 Å². The summed E-state index contributed by atoms with van der Waals surface area (Å²) in [5.74, 6) is -0.318. The average Bonchev–Trinajstić information content (AvgIpc) is 2.14. The summed E-state index contributed by atoms with van der Waals surface area (Å²) in [6, 6.07) is 5.47. The molecule has 1 aromatic rings. The molecule has 2 nitrogen and oxygen atoms in total. The zero-order valence-electron chi connectivity index (χ0n) is 8.91. The highest BCUT2D eigenvalue weighted by molar-refractivity contribution is 5.54. The smallest absolute Gasteiger partial charge is 0.130 e. The normalized spacial score (nSPS) is 16.2. The Morgan fingerprint density at radius 2 is 2.20 bits per heavy atom. The van der Waals surface area contributed by atoms with Crippen molar-refractivity contribution >= 4 is 5.69 Å². The molecular formula is C12H16FNO. The molecule has 0 unspecified atom stereocenters. The van der Waals surface area contributed by atoms with Crippen molar-refractivity contribution in [1.82, 2.24) is 0 Å². The number of nitrogens with zero attached hydrogens (tertiary/aromatic N) is 1. The molecule has 3 heteroatoms. The Bertz CT molecular complexity index is 349. The first-order valence-corrected chi connectivity index (χ1v) is 5.35. The van der Waals surface area contributed by atoms with Gasteiger partial charge in [-0.1, -0.05) is 6.07 Å². The van der Waals surface area contributed by atoms with Crippen LogP contribution in [0.15, 0.2) is 18.2 Å². The summed E-state index contributed by atoms with van der Waals surface area (Å²) in [4.78, 5) is 2.08. The molecule has 15 heavy (non-hydrogen) atoms. The Morgan fingerprint density at radius 1 is 1.47 bits per heavy atom. The molecule has 1 aromatic carbocycles. The Hall–Kier alpha value is -1.09. The van der Waals surface area contributed by atoms with Crippen LogP contribution < -0.4 is 4.90 Å². The Kier molecular flexibility index (Phi) is 2.91. The molecule has 82 valence electrons. The maximum absolute atomic E-state index is 13.4. The average molecular weight is 209 g/mol. The van der Waals surface area contributed by atoms with Gasteiger partial charge in [0.05, 0.1) is 6.61 Å². The highest BCUT2D eigenvalue weighted by Crippen LogP contribution is 2.31. The minimum absolute atomic E-state index is 0.237. The number of hydrogen-bond acceptors (Lipinski definition) is 2. The number of benzene rings is 1. The lowest BCUT2D eigenvalue weighted by Crippen LogP contribution is -2.37. The molecule has 0 atom stereocenters. The molecule has 1 aliphatic carbocycles. The van der Waals surface area contributed by atoms with Crippen molar-refractivity contribution in [2.45, 2.75) is 31.9 Å². The third-order valence-corrected chi connectivity index (χ3v) is 3.25. The van der Waals surface area contributed by atoms with Crippen LogP contribution in [0.1, 0.15) is 24.8 Å². The quantitative estimate of drug-likeness (QED) is 0.825. The molecule has 0 amide bonds. The zero-order valence-corrected chi connectivity index (χ0v) is 8.91. The molecule has 2 rings (SSSR count). The minimum Gasteiger partial charge on any atom is -0.391 e. The van der Waals surface area contributed by atoms with Crippen LogP contribution in [0.5, 0.6) is 0 Å². The van der Waals surface area contributed by atoms with Crippen LogP contribution in [-0.4, -0.2) is 18.2 Å². The summed E-state index contributed by atoms with van der Waals surface area (Å²) in [5, 5.41) is 9.15. The van der Waals surface area contributed by atoms with E-state index in [1.165, 1.54) is 12.5 Å². The Morgan fingerprint density at radius 3 is 2.73 bits per heavy atom. The maximum Gasteiger partial charge on any atom is 0.130 e. The second kappa shape index (κ2) is 4.19. The van der Waals surface area contributed by atoms with Crippen LogP contribution in [-0.2, 0) is 6.61 Å². The van der Waals surface area contributed by atoms with Gasteiger partial charge in [0.2, 0.25) is 0 Å². The molecule has 1 fully saturated rings. The third-order valence-electron chi connectivity index (χ3n) is 3.25. The molecule has 1 aliphatic rings. The highest BCUT2D eigenvalue weighted by Gasteiger charge is 2.24. The predicted molar refractivity (Wildman–Crippen MR) is 58.4 cm³/mol. The van der Waals surface area contributed by atoms with E-state index < -0.39 is 0 Å². The van der Waals surface area contributed by atoms with Crippen molar-refractivity contribution < 1.29 is 9.50 Å². The molecule has 1 saturated carbocycles. The van der Waals surface area contributed by atoms with Crippen molar-refractivity contribution in [1.29, 1.82) is 0 Å². The molecule has 0 spiro atoms. The van der Waals surface area contributed by atoms with Gasteiger partial charge >= 0.3 is 0 Å². The van der Waals surface area contributed by atoms with Crippen molar-refractivity contribution in [2.75, 3.05) is 11.9 Å². The minimum atomic E-state index is -0.318. The topological polar surface area (TPSA) is 23.5 Å². The lowest BCUT2D eigenvalue weighted by molar-refractivity contribution is 0.275. The molecule has 0 radical (unpaired) electrons. The Labute approximate surface area is 89.3 Å². The van der Waals surface area contributed by atoms with E-state index in [9.17, 15) is 4.39 Å². The van der Waals surface area contributed by atoms with Crippen LogP contribution in [0.2, 0.25) is 0 Å². The molecule has 0 bridgehead atoms. The monoisotopic (exact) mass is 209 g/mol. The molecule has 0 heterocycles. The van der Waals surface area contributed by atoms with Crippen LogP contribution in [0.25, 0.3) is 0 Å². The van der Waals surface area contributed by atoms with Gasteiger partial charge in [0, 0.05) is 24.3 Å². The van der Waals surface area contributed by atoms with E-state index in [4.69, 9.17) is 5.11 Å². The summed E-state index contributed by atoms with van der Waals surface area (Å²) < 4.78 is 13.4. The standard InChI is InChI=1S/C12H16FNO/c1-14(9-4-2-5-9)12-7-3-6-11(13)10(12)8-15/h3,6-7,9,15H,2,4-5,8H2,1H3. The first-order chi connectivity index (χ1) is 7.24. The van der Waals surface area contributed by atoms with Gasteiger partial charge in [-0.3, -0.25) is 0 Å². The van der Waals surface area contributed by atoms with E-state index in [2.05, 4.69) is 4.90 Å². The number of aliphatic hydroxyl groups excluding tert-OH is 1. The molecule has 0 saturated heterocycles. The van der Waals surface area contributed by atoms with Crippen molar-refractivity contribution in [3.63, 3.8) is 0 Å². The lowest BCUT2D eigenvalue weighted by Gasteiger charge is -2.37. The lowest BCUT2D eigenvalue weighted by atomic mass is 9.91. The fourth-order valence-corrected chi connectivity index (χ4v) is 2.00. The summed E-state index contributed by atoms with van der Waals surface area (Å²) in [6.07, 6.45) is 3.58. The van der Waals surface area contributed by atoms with Gasteiger partial charge in [-0.05, 0) is 31.4 Å². The van der Waals surface area contributed by atoms with Crippen LogP contribution in [0, 0.1) is 5.82 Å². The van der Waals surface area contributed by atoms with Crippen LogP contribution in [0.3, 0.4) is 0 Å². The van der Waals surface area contributed by atoms with Gasteiger partial charge in [0.25, 0.3) is 0 Å². The van der Waals surface area contributed by atoms with E-state index in [-0.39, 0.29) is 12.4 Å². The van der Waals surface area contributed by atoms with Crippen molar-refractivity contribution in [3.8, 4) is 0 Å². The molecule has 1 N–H and O–H groups in total. The van der Waals surface area contributed by atoms with Crippen molar-refractivity contribution in [3.05, 3.63) is 29.6 Å². The van der Waals surface area contributed by atoms with Crippen LogP contribution in [0.4, 0.5) is 10.1 Å². The van der Waals surface area contributed by atoms with Gasteiger partial charge in [0.1, 0.15) is 5.82 Å². The van der Waals surface area contributed by atoms with E-state index >= 15 is 0 Å². The largest absolute Gasteiger partial charge is 0.391 e. The summed E-state index contributed by atoms with van der Waals surface area (Å²) >= 11 is 0. The van der Waals surface area contributed by atoms with Gasteiger partial charge in [-0.25, -0.2) is 4.39 Å². The van der Waals surface area contributed by atoms with E-state index in [1.807, 2.05) is 13.1 Å². The summed E-state index contributed by atoms with van der Waals surface area (Å²) in [7, 11) is 1.97. The van der Waals surface area contributed by atoms with Gasteiger partial charge < -0.3 is 10.0 Å². The van der Waals surface area contributed by atoms with Gasteiger partial charge in [-0.15, -0.1) is 0 Å². The zero-order chi connectivity index (χ0) is 10.8. The third kappa shape index (κ3) is 1.84. The first-order valence-electron chi connectivity index (χ1n) is 5.35. The summed E-state index contributed by atoms with van der Waals surface area (Å²) in [6.45, 7) is -0.237. The van der Waals surface area contributed by atoms with E-state index in [1.54, 1.807) is 6.07 Å². The molecular weight excluding hydrogens is 193 g/mol. The van der Waals surface area contributed by atoms with Crippen LogP contribution >= 0.6 is 0 Å². The highest BCUT2D eigenvalue weighted by atomic mass is 19.1. The fourth-order valence-electron chi connectivity index (χ4n) is 2.00. The molecule has 0 aromatic heterocycles. The molecule has 0 aliphatic heterocycles. The maximum atomic E-state index is 13.4. The number of hydrogen-bond donors (Lipinski definition) is 1. The number of rotatable bonds is 3. The number of aliphatic hydroxyl groups is 1. The first kappa shape index (κ1) is 10.4. The van der Waals surface area contributed by atoms with E-state index in [0.29, 0.717) is 11.6 Å². The van der Waals surface area contributed by atoms with Crippen molar-refractivity contribution in [2.24, 2.45) is 0 Å². The SMILES string of the molecule is CN(c1cccc(F)c1CO)C1CCC1. The van der Waals surface area contributed by atoms with E-state index in [0.717, 1.165) is 18.5 Å².